The van der Waals surface area contributed by atoms with Crippen molar-refractivity contribution in [3.05, 3.63) is 53.7 Å². The molecule has 2 aromatic rings. The van der Waals surface area contributed by atoms with Crippen LogP contribution in [-0.2, 0) is 0 Å². The van der Waals surface area contributed by atoms with Gasteiger partial charge in [0.1, 0.15) is 5.75 Å². The van der Waals surface area contributed by atoms with E-state index in [0.29, 0.717) is 6.61 Å². The summed E-state index contributed by atoms with van der Waals surface area (Å²) in [5.74, 6) is 1.87. The van der Waals surface area contributed by atoms with Gasteiger partial charge in [-0.1, -0.05) is 24.3 Å². The van der Waals surface area contributed by atoms with Crippen LogP contribution in [-0.4, -0.2) is 17.3 Å². The maximum Gasteiger partial charge on any atom is 0.122 e. The zero-order valence-corrected chi connectivity index (χ0v) is 11.5. The second kappa shape index (κ2) is 6.45. The average Bonchev–Trinajstić information content (AvgIpc) is 2.39. The van der Waals surface area contributed by atoms with E-state index in [4.69, 9.17) is 4.74 Å². The van der Waals surface area contributed by atoms with Crippen LogP contribution < -0.4 is 4.74 Å². The summed E-state index contributed by atoms with van der Waals surface area (Å²) in [5.41, 5.74) is 2.37. The molecule has 0 bridgehead atoms. The third-order valence-electron chi connectivity index (χ3n) is 2.57. The van der Waals surface area contributed by atoms with E-state index in [1.807, 2.05) is 37.4 Å². The lowest BCUT2D eigenvalue weighted by atomic mass is 10.2. The molecule has 0 aliphatic heterocycles. The lowest BCUT2D eigenvalue weighted by Gasteiger charge is -2.08. The molecule has 0 saturated carbocycles. The van der Waals surface area contributed by atoms with Gasteiger partial charge in [-0.25, -0.2) is 4.98 Å². The number of aryl methyl sites for hydroxylation is 2. The van der Waals surface area contributed by atoms with Crippen LogP contribution in [0.5, 0.6) is 5.75 Å². The Morgan fingerprint density at radius 1 is 1.11 bits per heavy atom. The van der Waals surface area contributed by atoms with Crippen molar-refractivity contribution < 1.29 is 4.74 Å². The van der Waals surface area contributed by atoms with Crippen molar-refractivity contribution >= 4 is 11.8 Å². The second-order valence-electron chi connectivity index (χ2n) is 4.14. The quantitative estimate of drug-likeness (QED) is 0.601. The van der Waals surface area contributed by atoms with Crippen molar-refractivity contribution in [1.82, 2.24) is 4.98 Å². The predicted octanol–water partition coefficient (Wildman–Crippen LogP) is 3.87. The Kier molecular flexibility index (Phi) is 4.65. The topological polar surface area (TPSA) is 22.1 Å². The highest BCUT2D eigenvalue weighted by Crippen LogP contribution is 2.18. The molecule has 3 heteroatoms. The average molecular weight is 259 g/mol. The molecule has 0 atom stereocenters. The summed E-state index contributed by atoms with van der Waals surface area (Å²) < 4.78 is 5.73. The Morgan fingerprint density at radius 3 is 2.67 bits per heavy atom. The van der Waals surface area contributed by atoms with Gasteiger partial charge in [0.05, 0.1) is 11.6 Å². The summed E-state index contributed by atoms with van der Waals surface area (Å²) in [5, 5.41) is 1.05. The predicted molar refractivity (Wildman–Crippen MR) is 76.4 cm³/mol. The Balaban J connectivity index is 1.76. The van der Waals surface area contributed by atoms with Crippen LogP contribution in [0.1, 0.15) is 11.1 Å². The van der Waals surface area contributed by atoms with Gasteiger partial charge in [-0.2, -0.15) is 0 Å². The summed E-state index contributed by atoms with van der Waals surface area (Å²) in [4.78, 5) is 4.35. The summed E-state index contributed by atoms with van der Waals surface area (Å²) in [7, 11) is 0. The molecule has 0 amide bonds. The molecule has 0 aliphatic carbocycles. The minimum Gasteiger partial charge on any atom is -0.492 e. The summed E-state index contributed by atoms with van der Waals surface area (Å²) in [6.45, 7) is 4.80. The van der Waals surface area contributed by atoms with Gasteiger partial charge in [0.15, 0.2) is 0 Å². The largest absolute Gasteiger partial charge is 0.492 e. The van der Waals surface area contributed by atoms with E-state index in [1.165, 1.54) is 11.1 Å². The van der Waals surface area contributed by atoms with Crippen molar-refractivity contribution in [2.45, 2.75) is 18.9 Å². The Labute approximate surface area is 112 Å². The third kappa shape index (κ3) is 3.77. The number of hydrogen-bond acceptors (Lipinski definition) is 3. The summed E-state index contributed by atoms with van der Waals surface area (Å²) in [6, 6.07) is 12.2. The van der Waals surface area contributed by atoms with Crippen molar-refractivity contribution in [3.8, 4) is 5.75 Å². The number of aromatic nitrogens is 1. The van der Waals surface area contributed by atoms with Crippen molar-refractivity contribution in [3.63, 3.8) is 0 Å². The van der Waals surface area contributed by atoms with E-state index in [2.05, 4.69) is 24.0 Å². The molecule has 94 valence electrons. The Bertz CT molecular complexity index is 496. The smallest absolute Gasteiger partial charge is 0.122 e. The number of para-hydroxylation sites is 1. The van der Waals surface area contributed by atoms with Crippen LogP contribution in [0.25, 0.3) is 0 Å². The first-order valence-electron chi connectivity index (χ1n) is 5.99. The second-order valence-corrected chi connectivity index (χ2v) is 5.25. The molecule has 0 radical (unpaired) electrons. The van der Waals surface area contributed by atoms with E-state index in [9.17, 15) is 0 Å². The number of thioether (sulfide) groups is 1. The summed E-state index contributed by atoms with van der Waals surface area (Å²) in [6.07, 6.45) is 1.89. The third-order valence-corrected chi connectivity index (χ3v) is 3.48. The SMILES string of the molecule is Cc1ccc(SCCOc2ccccc2C)nc1. The highest BCUT2D eigenvalue weighted by atomic mass is 32.2. The van der Waals surface area contributed by atoms with E-state index in [-0.39, 0.29) is 0 Å². The van der Waals surface area contributed by atoms with Crippen molar-refractivity contribution in [2.24, 2.45) is 0 Å². The maximum atomic E-state index is 5.73. The number of nitrogens with zero attached hydrogens (tertiary/aromatic N) is 1. The minimum atomic E-state index is 0.699. The van der Waals surface area contributed by atoms with Crippen LogP contribution in [0.2, 0.25) is 0 Å². The molecule has 2 rings (SSSR count). The molecule has 2 nitrogen and oxygen atoms in total. The maximum absolute atomic E-state index is 5.73. The lowest BCUT2D eigenvalue weighted by Crippen LogP contribution is -2.01. The lowest BCUT2D eigenvalue weighted by molar-refractivity contribution is 0.341. The van der Waals surface area contributed by atoms with Crippen LogP contribution in [0.4, 0.5) is 0 Å². The van der Waals surface area contributed by atoms with Crippen LogP contribution in [0, 0.1) is 13.8 Å². The molecule has 18 heavy (non-hydrogen) atoms. The molecule has 0 saturated heterocycles. The van der Waals surface area contributed by atoms with E-state index in [1.54, 1.807) is 11.8 Å². The minimum absolute atomic E-state index is 0.699. The monoisotopic (exact) mass is 259 g/mol. The zero-order chi connectivity index (χ0) is 12.8. The van der Waals surface area contributed by atoms with Gasteiger partial charge < -0.3 is 4.74 Å². The van der Waals surface area contributed by atoms with Gasteiger partial charge in [0.25, 0.3) is 0 Å². The highest BCUT2D eigenvalue weighted by Gasteiger charge is 1.99. The fourth-order valence-electron chi connectivity index (χ4n) is 1.56. The number of rotatable bonds is 5. The highest BCUT2D eigenvalue weighted by molar-refractivity contribution is 7.99. The van der Waals surface area contributed by atoms with Crippen LogP contribution in [0.15, 0.2) is 47.6 Å². The number of pyridine rings is 1. The number of benzene rings is 1. The summed E-state index contributed by atoms with van der Waals surface area (Å²) >= 11 is 1.72. The molecule has 0 spiro atoms. The zero-order valence-electron chi connectivity index (χ0n) is 10.7. The first-order chi connectivity index (χ1) is 8.75. The standard InChI is InChI=1S/C15H17NOS/c1-12-7-8-15(16-11-12)18-10-9-17-14-6-4-3-5-13(14)2/h3-8,11H,9-10H2,1-2H3. The van der Waals surface area contributed by atoms with E-state index in [0.717, 1.165) is 16.5 Å². The fourth-order valence-corrected chi connectivity index (χ4v) is 2.22. The van der Waals surface area contributed by atoms with Gasteiger partial charge in [-0.3, -0.25) is 0 Å². The molecule has 1 aromatic heterocycles. The molecule has 0 aliphatic rings. The first-order valence-corrected chi connectivity index (χ1v) is 6.98. The molecule has 0 fully saturated rings. The van der Waals surface area contributed by atoms with Crippen molar-refractivity contribution in [2.75, 3.05) is 12.4 Å². The molecule has 1 heterocycles. The Morgan fingerprint density at radius 2 is 1.94 bits per heavy atom. The molecular weight excluding hydrogens is 242 g/mol. The van der Waals surface area contributed by atoms with E-state index < -0.39 is 0 Å². The first kappa shape index (κ1) is 13.0. The van der Waals surface area contributed by atoms with Gasteiger partial charge >= 0.3 is 0 Å². The molecule has 0 unspecified atom stereocenters. The fraction of sp³-hybridized carbons (Fsp3) is 0.267. The van der Waals surface area contributed by atoms with Gasteiger partial charge in [0, 0.05) is 11.9 Å². The van der Waals surface area contributed by atoms with Gasteiger partial charge in [-0.05, 0) is 37.1 Å². The van der Waals surface area contributed by atoms with Gasteiger partial charge in [-0.15, -0.1) is 11.8 Å². The number of ether oxygens (including phenoxy) is 1. The normalized spacial score (nSPS) is 10.3. The van der Waals surface area contributed by atoms with E-state index >= 15 is 0 Å². The molecular formula is C15H17NOS. The van der Waals surface area contributed by atoms with Crippen LogP contribution >= 0.6 is 11.8 Å². The molecule has 1 aromatic carbocycles. The van der Waals surface area contributed by atoms with Crippen LogP contribution in [0.3, 0.4) is 0 Å². The number of hydrogen-bond donors (Lipinski definition) is 0. The Hall–Kier alpha value is -1.48. The van der Waals surface area contributed by atoms with Crippen molar-refractivity contribution in [1.29, 1.82) is 0 Å². The van der Waals surface area contributed by atoms with Gasteiger partial charge in [0.2, 0.25) is 0 Å². The molecule has 0 N–H and O–H groups in total.